The number of hydrogen-bond donors (Lipinski definition) is 2. The normalized spacial score (nSPS) is 19.6. The summed E-state index contributed by atoms with van der Waals surface area (Å²) in [6, 6.07) is 3.80. The van der Waals surface area contributed by atoms with E-state index in [1.165, 1.54) is 0 Å². The molecule has 2 unspecified atom stereocenters. The average Bonchev–Trinajstić information content (AvgIpc) is 3.23. The van der Waals surface area contributed by atoms with Crippen LogP contribution >= 0.6 is 11.6 Å². The van der Waals surface area contributed by atoms with Gasteiger partial charge in [0.2, 0.25) is 11.8 Å². The molecule has 2 N–H and O–H groups in total. The Morgan fingerprint density at radius 1 is 1.23 bits per heavy atom. The predicted octanol–water partition coefficient (Wildman–Crippen LogP) is 3.45. The zero-order chi connectivity index (χ0) is 16.3. The monoisotopic (exact) mass is 322 g/mol. The first-order chi connectivity index (χ1) is 10.4. The van der Waals surface area contributed by atoms with Gasteiger partial charge in [0.1, 0.15) is 0 Å². The molecule has 1 aromatic rings. The molecular weight excluding hydrogens is 300 g/mol. The lowest BCUT2D eigenvalue weighted by atomic mass is 10.1. The minimum absolute atomic E-state index is 0.0136. The van der Waals surface area contributed by atoms with Crippen molar-refractivity contribution in [2.45, 2.75) is 40.0 Å². The summed E-state index contributed by atoms with van der Waals surface area (Å²) < 4.78 is 0. The molecule has 2 amide bonds. The van der Waals surface area contributed by atoms with Gasteiger partial charge in [-0.25, -0.2) is 0 Å². The van der Waals surface area contributed by atoms with Gasteiger partial charge in [-0.2, -0.15) is 0 Å². The number of hydrogen-bond acceptors (Lipinski definition) is 2. The van der Waals surface area contributed by atoms with Crippen LogP contribution in [0.1, 0.15) is 37.3 Å². The van der Waals surface area contributed by atoms with Crippen molar-refractivity contribution in [3.63, 3.8) is 0 Å². The second-order valence-electron chi connectivity index (χ2n) is 6.02. The summed E-state index contributed by atoms with van der Waals surface area (Å²) in [6.07, 6.45) is 2.62. The number of carbonyl (C=O) groups is 2. The number of anilines is 1. The lowest BCUT2D eigenvalue weighted by Gasteiger charge is -2.11. The molecule has 0 bridgehead atoms. The van der Waals surface area contributed by atoms with Gasteiger partial charge in [0.15, 0.2) is 0 Å². The van der Waals surface area contributed by atoms with Crippen LogP contribution in [0.5, 0.6) is 0 Å². The molecule has 0 aromatic heterocycles. The van der Waals surface area contributed by atoms with E-state index in [1.807, 2.05) is 26.0 Å². The smallest absolute Gasteiger partial charge is 0.228 e. The third-order valence-electron chi connectivity index (χ3n) is 3.97. The van der Waals surface area contributed by atoms with E-state index in [4.69, 9.17) is 11.6 Å². The first-order valence-electron chi connectivity index (χ1n) is 7.79. The lowest BCUT2D eigenvalue weighted by Crippen LogP contribution is -2.28. The maximum Gasteiger partial charge on any atom is 0.228 e. The minimum Gasteiger partial charge on any atom is -0.356 e. The van der Waals surface area contributed by atoms with Crippen molar-refractivity contribution < 1.29 is 9.59 Å². The Labute approximate surface area is 136 Å². The number of halogens is 1. The number of aryl methyl sites for hydroxylation is 2. The van der Waals surface area contributed by atoms with Crippen molar-refractivity contribution >= 4 is 29.1 Å². The molecular formula is C17H23ClN2O2. The molecule has 4 nitrogen and oxygen atoms in total. The van der Waals surface area contributed by atoms with Crippen molar-refractivity contribution in [2.24, 2.45) is 11.8 Å². The van der Waals surface area contributed by atoms with Gasteiger partial charge in [-0.05, 0) is 43.9 Å². The van der Waals surface area contributed by atoms with Gasteiger partial charge in [-0.15, -0.1) is 0 Å². The maximum absolute atomic E-state index is 12.3. The van der Waals surface area contributed by atoms with E-state index >= 15 is 0 Å². The highest BCUT2D eigenvalue weighted by atomic mass is 35.5. The van der Waals surface area contributed by atoms with Crippen LogP contribution in [0.2, 0.25) is 5.02 Å². The van der Waals surface area contributed by atoms with Gasteiger partial charge in [-0.1, -0.05) is 31.0 Å². The van der Waals surface area contributed by atoms with Crippen LogP contribution in [0.3, 0.4) is 0 Å². The van der Waals surface area contributed by atoms with Crippen LogP contribution in [0.15, 0.2) is 12.1 Å². The van der Waals surface area contributed by atoms with Gasteiger partial charge in [0, 0.05) is 6.54 Å². The zero-order valence-corrected chi connectivity index (χ0v) is 14.1. The molecule has 0 spiro atoms. The summed E-state index contributed by atoms with van der Waals surface area (Å²) in [6.45, 7) is 6.63. The van der Waals surface area contributed by atoms with Crippen LogP contribution in [0.25, 0.3) is 0 Å². The molecule has 1 aliphatic carbocycles. The molecule has 0 radical (unpaired) electrons. The third-order valence-corrected chi connectivity index (χ3v) is 4.27. The molecule has 1 saturated carbocycles. The van der Waals surface area contributed by atoms with Crippen molar-refractivity contribution in [1.29, 1.82) is 0 Å². The summed E-state index contributed by atoms with van der Waals surface area (Å²) in [5.41, 5.74) is 2.64. The summed E-state index contributed by atoms with van der Waals surface area (Å²) >= 11 is 6.19. The van der Waals surface area contributed by atoms with Gasteiger partial charge in [-0.3, -0.25) is 9.59 Å². The number of nitrogens with one attached hydrogen (secondary N) is 2. The summed E-state index contributed by atoms with van der Waals surface area (Å²) in [4.78, 5) is 24.2. The average molecular weight is 323 g/mol. The second-order valence-corrected chi connectivity index (χ2v) is 6.43. The first-order valence-corrected chi connectivity index (χ1v) is 8.17. The molecule has 2 rings (SSSR count). The second kappa shape index (κ2) is 7.14. The molecule has 1 aliphatic rings. The fourth-order valence-corrected chi connectivity index (χ4v) is 2.95. The number of benzene rings is 1. The van der Waals surface area contributed by atoms with Crippen LogP contribution in [-0.4, -0.2) is 18.4 Å². The van der Waals surface area contributed by atoms with E-state index in [0.29, 0.717) is 23.7 Å². The summed E-state index contributed by atoms with van der Waals surface area (Å²) in [5.74, 6) is -0.565. The fourth-order valence-electron chi connectivity index (χ4n) is 2.58. The largest absolute Gasteiger partial charge is 0.356 e. The molecule has 0 aliphatic heterocycles. The Balaban J connectivity index is 1.91. The first kappa shape index (κ1) is 16.8. The van der Waals surface area contributed by atoms with Gasteiger partial charge < -0.3 is 10.6 Å². The number of amides is 2. The van der Waals surface area contributed by atoms with Crippen molar-refractivity contribution in [3.8, 4) is 0 Å². The Morgan fingerprint density at radius 2 is 1.91 bits per heavy atom. The van der Waals surface area contributed by atoms with Gasteiger partial charge >= 0.3 is 0 Å². The molecule has 22 heavy (non-hydrogen) atoms. The lowest BCUT2D eigenvalue weighted by molar-refractivity contribution is -0.125. The predicted molar refractivity (Wildman–Crippen MR) is 89.1 cm³/mol. The Bertz CT molecular complexity index is 563. The van der Waals surface area contributed by atoms with E-state index in [2.05, 4.69) is 17.6 Å². The minimum atomic E-state index is -0.238. The van der Waals surface area contributed by atoms with Crippen molar-refractivity contribution in [3.05, 3.63) is 28.3 Å². The van der Waals surface area contributed by atoms with Crippen molar-refractivity contribution in [2.75, 3.05) is 11.9 Å². The zero-order valence-electron chi connectivity index (χ0n) is 13.3. The van der Waals surface area contributed by atoms with Gasteiger partial charge in [0.25, 0.3) is 0 Å². The van der Waals surface area contributed by atoms with Crippen LogP contribution in [-0.2, 0) is 9.59 Å². The molecule has 1 fully saturated rings. The van der Waals surface area contributed by atoms with E-state index in [9.17, 15) is 9.59 Å². The highest BCUT2D eigenvalue weighted by Gasteiger charge is 2.48. The Kier molecular flexibility index (Phi) is 5.46. The van der Waals surface area contributed by atoms with Crippen LogP contribution < -0.4 is 10.6 Å². The SMILES string of the molecule is CCCCNC(=O)C1CC1C(=O)Nc1c(C)cc(C)cc1Cl. The molecule has 1 aromatic carbocycles. The highest BCUT2D eigenvalue weighted by Crippen LogP contribution is 2.40. The number of carbonyl (C=O) groups excluding carboxylic acids is 2. The standard InChI is InChI=1S/C17H23ClN2O2/c1-4-5-6-19-16(21)12-9-13(12)17(22)20-15-11(3)7-10(2)8-14(15)18/h7-8,12-13H,4-6,9H2,1-3H3,(H,19,21)(H,20,22). The number of rotatable bonds is 6. The third kappa shape index (κ3) is 4.01. The van der Waals surface area contributed by atoms with E-state index in [-0.39, 0.29) is 23.7 Å². The van der Waals surface area contributed by atoms with Crippen LogP contribution in [0, 0.1) is 25.7 Å². The highest BCUT2D eigenvalue weighted by molar-refractivity contribution is 6.34. The van der Waals surface area contributed by atoms with E-state index in [0.717, 1.165) is 24.0 Å². The topological polar surface area (TPSA) is 58.2 Å². The van der Waals surface area contributed by atoms with Gasteiger partial charge in [0.05, 0.1) is 22.5 Å². The molecule has 0 heterocycles. The summed E-state index contributed by atoms with van der Waals surface area (Å²) in [7, 11) is 0. The molecule has 120 valence electrons. The summed E-state index contributed by atoms with van der Waals surface area (Å²) in [5, 5.41) is 6.29. The Hall–Kier alpha value is -1.55. The molecule has 5 heteroatoms. The number of unbranched alkanes of at least 4 members (excludes halogenated alkanes) is 1. The van der Waals surface area contributed by atoms with E-state index < -0.39 is 0 Å². The fraction of sp³-hybridized carbons (Fsp3) is 0.529. The quantitative estimate of drug-likeness (QED) is 0.788. The molecule has 2 atom stereocenters. The maximum atomic E-state index is 12.3. The Morgan fingerprint density at radius 3 is 2.55 bits per heavy atom. The van der Waals surface area contributed by atoms with Crippen LogP contribution in [0.4, 0.5) is 5.69 Å². The molecule has 0 saturated heterocycles. The van der Waals surface area contributed by atoms with E-state index in [1.54, 1.807) is 0 Å². The van der Waals surface area contributed by atoms with Crippen molar-refractivity contribution in [1.82, 2.24) is 5.32 Å².